The zero-order valence-electron chi connectivity index (χ0n) is 33.3. The number of hydrogen-bond donors (Lipinski definition) is 4. The molecule has 6 aromatic rings. The number of likely N-dealkylation sites (tertiary alicyclic amines) is 2. The molecule has 2 aliphatic heterocycles. The fourth-order valence-corrected chi connectivity index (χ4v) is 8.38. The largest absolute Gasteiger partial charge is 0.465 e. The fourth-order valence-electron chi connectivity index (χ4n) is 8.38. The Morgan fingerprint density at radius 3 is 1.68 bits per heavy atom. The van der Waals surface area contributed by atoms with Crippen LogP contribution >= 0.6 is 0 Å². The molecule has 4 aromatic carbocycles. The Balaban J connectivity index is 0.992. The van der Waals surface area contributed by atoms with E-state index in [9.17, 15) is 24.3 Å². The van der Waals surface area contributed by atoms with E-state index in [4.69, 9.17) is 14.7 Å². The fraction of sp³-hybridized carbons (Fsp3) is 0.261. The van der Waals surface area contributed by atoms with Crippen LogP contribution in [0.2, 0.25) is 0 Å². The van der Waals surface area contributed by atoms with Gasteiger partial charge in [-0.2, -0.15) is 0 Å². The minimum Gasteiger partial charge on any atom is -0.465 e. The molecule has 2 saturated heterocycles. The van der Waals surface area contributed by atoms with Gasteiger partial charge in [0, 0.05) is 31.3 Å². The van der Waals surface area contributed by atoms with Crippen molar-refractivity contribution in [1.29, 1.82) is 0 Å². The summed E-state index contributed by atoms with van der Waals surface area (Å²) in [5, 5.41) is 12.6. The van der Waals surface area contributed by atoms with E-state index >= 15 is 0 Å². The van der Waals surface area contributed by atoms with Crippen LogP contribution < -0.4 is 5.32 Å². The normalized spacial score (nSPS) is 17.2. The number of alkyl carbamates (subject to hydrolysis) is 1. The first-order valence-electron chi connectivity index (χ1n) is 20.0. The number of likely N-dealkylation sites (N-methyl/N-ethyl adjacent to an activating group) is 1. The van der Waals surface area contributed by atoms with Gasteiger partial charge in [-0.3, -0.25) is 14.5 Å². The summed E-state index contributed by atoms with van der Waals surface area (Å²) >= 11 is 0. The summed E-state index contributed by atoms with van der Waals surface area (Å²) in [4.78, 5) is 73.4. The minimum absolute atomic E-state index is 0.229. The number of aromatic nitrogens is 4. The highest BCUT2D eigenvalue weighted by atomic mass is 16.5. The summed E-state index contributed by atoms with van der Waals surface area (Å²) in [6, 6.07) is 31.9. The average molecular weight is 807 g/mol. The van der Waals surface area contributed by atoms with Crippen LogP contribution in [0.25, 0.3) is 33.6 Å². The van der Waals surface area contributed by atoms with E-state index in [1.165, 1.54) is 14.2 Å². The van der Waals surface area contributed by atoms with Crippen LogP contribution in [0.4, 0.5) is 9.59 Å². The van der Waals surface area contributed by atoms with Gasteiger partial charge in [0.1, 0.15) is 23.7 Å². The summed E-state index contributed by atoms with van der Waals surface area (Å²) in [5.41, 5.74) is 6.72. The highest BCUT2D eigenvalue weighted by molar-refractivity contribution is 5.88. The van der Waals surface area contributed by atoms with Gasteiger partial charge in [0.25, 0.3) is 11.8 Å². The predicted octanol–water partition coefficient (Wildman–Crippen LogP) is 7.91. The van der Waals surface area contributed by atoms with Crippen molar-refractivity contribution in [3.8, 4) is 33.6 Å². The molecule has 306 valence electrons. The molecule has 4 heterocycles. The van der Waals surface area contributed by atoms with E-state index in [0.29, 0.717) is 42.3 Å². The van der Waals surface area contributed by atoms with Crippen molar-refractivity contribution in [3.63, 3.8) is 0 Å². The number of H-pyrrole nitrogens is 2. The number of rotatable bonds is 11. The van der Waals surface area contributed by atoms with E-state index in [2.05, 4.69) is 27.4 Å². The third-order valence-electron chi connectivity index (χ3n) is 11.4. The lowest BCUT2D eigenvalue weighted by molar-refractivity contribution is -0.137. The summed E-state index contributed by atoms with van der Waals surface area (Å²) in [6.07, 6.45) is 4.71. The third-order valence-corrected chi connectivity index (χ3v) is 11.4. The molecule has 0 radical (unpaired) electrons. The Kier molecular flexibility index (Phi) is 11.4. The Bertz CT molecular complexity index is 2490. The van der Waals surface area contributed by atoms with Gasteiger partial charge in [0.15, 0.2) is 0 Å². The first-order valence-corrected chi connectivity index (χ1v) is 20.0. The van der Waals surface area contributed by atoms with Crippen LogP contribution in [-0.4, -0.2) is 91.0 Å². The van der Waals surface area contributed by atoms with Gasteiger partial charge >= 0.3 is 12.2 Å². The van der Waals surface area contributed by atoms with Gasteiger partial charge < -0.3 is 34.9 Å². The predicted molar refractivity (Wildman–Crippen MR) is 224 cm³/mol. The number of carbonyl (C=O) groups excluding carboxylic acids is 3. The van der Waals surface area contributed by atoms with Gasteiger partial charge in [0.05, 0.1) is 43.0 Å². The van der Waals surface area contributed by atoms with Crippen molar-refractivity contribution in [2.24, 2.45) is 0 Å². The second-order valence-corrected chi connectivity index (χ2v) is 15.1. The lowest BCUT2D eigenvalue weighted by Crippen LogP contribution is -2.43. The number of methoxy groups -OCH3 is 1. The van der Waals surface area contributed by atoms with Crippen molar-refractivity contribution in [1.82, 2.24) is 40.0 Å². The first kappa shape index (κ1) is 39.6. The van der Waals surface area contributed by atoms with Gasteiger partial charge in [-0.25, -0.2) is 19.6 Å². The molecular formula is C46H46N8O6. The molecule has 0 spiro atoms. The molecule has 0 aliphatic carbocycles. The molecule has 14 heteroatoms. The Morgan fingerprint density at radius 2 is 1.18 bits per heavy atom. The number of nitrogens with one attached hydrogen (secondary N) is 3. The van der Waals surface area contributed by atoms with Crippen molar-refractivity contribution >= 4 is 24.0 Å². The number of benzene rings is 4. The molecule has 0 saturated carbocycles. The van der Waals surface area contributed by atoms with Crippen LogP contribution in [0.5, 0.6) is 0 Å². The highest BCUT2D eigenvalue weighted by Crippen LogP contribution is 2.37. The Hall–Kier alpha value is -7.22. The summed E-state index contributed by atoms with van der Waals surface area (Å²) in [6.45, 7) is 1.03. The van der Waals surface area contributed by atoms with Gasteiger partial charge in [-0.05, 0) is 60.1 Å². The molecule has 4 N–H and O–H groups in total. The second kappa shape index (κ2) is 17.3. The maximum atomic E-state index is 14.0. The van der Waals surface area contributed by atoms with Crippen LogP contribution in [0.1, 0.15) is 72.6 Å². The average Bonchev–Trinajstić information content (AvgIpc) is 4.13. The molecule has 14 nitrogen and oxygen atoms in total. The molecule has 0 unspecified atom stereocenters. The number of carbonyl (C=O) groups is 4. The zero-order chi connectivity index (χ0) is 41.8. The number of imidazole rings is 2. The Labute approximate surface area is 347 Å². The molecule has 0 bridgehead atoms. The van der Waals surface area contributed by atoms with Gasteiger partial charge in [0.2, 0.25) is 0 Å². The van der Waals surface area contributed by atoms with E-state index in [1.54, 1.807) is 46.5 Å². The summed E-state index contributed by atoms with van der Waals surface area (Å²) in [5.74, 6) is 0.820. The molecule has 4 atom stereocenters. The SMILES string of the molecule is COC(=O)N[C@@H](C(=O)N1CCC[C@H]1c1ncc(-c2cccc(-c3cccc(-c4cnc([C@@H]5CCCN5C(=O)[C@@H](c5ccccc5)N(C)C(=O)O)[nH]4)c3)c2)[nH]1)c1ccccc1. The monoisotopic (exact) mass is 806 g/mol. The van der Waals surface area contributed by atoms with E-state index in [-0.39, 0.29) is 23.9 Å². The van der Waals surface area contributed by atoms with Crippen LogP contribution in [-0.2, 0) is 14.3 Å². The van der Waals surface area contributed by atoms with Crippen molar-refractivity contribution < 1.29 is 29.0 Å². The Morgan fingerprint density at radius 1 is 0.700 bits per heavy atom. The van der Waals surface area contributed by atoms with Gasteiger partial charge in [-0.1, -0.05) is 97.1 Å². The molecule has 8 rings (SSSR count). The highest BCUT2D eigenvalue weighted by Gasteiger charge is 2.40. The number of hydrogen-bond acceptors (Lipinski definition) is 7. The summed E-state index contributed by atoms with van der Waals surface area (Å²) < 4.78 is 4.84. The topological polar surface area (TPSA) is 177 Å². The number of nitrogens with zero attached hydrogens (tertiary/aromatic N) is 5. The van der Waals surface area contributed by atoms with E-state index in [0.717, 1.165) is 57.8 Å². The summed E-state index contributed by atoms with van der Waals surface area (Å²) in [7, 11) is 2.70. The third kappa shape index (κ3) is 8.08. The zero-order valence-corrected chi connectivity index (χ0v) is 33.3. The number of carboxylic acid groups (broad SMARTS) is 1. The van der Waals surface area contributed by atoms with Crippen LogP contribution in [0.3, 0.4) is 0 Å². The van der Waals surface area contributed by atoms with Crippen molar-refractivity contribution in [2.75, 3.05) is 27.2 Å². The van der Waals surface area contributed by atoms with Crippen LogP contribution in [0.15, 0.2) is 122 Å². The molecule has 4 amide bonds. The molecular weight excluding hydrogens is 761 g/mol. The number of aromatic amines is 2. The minimum atomic E-state index is -1.18. The van der Waals surface area contributed by atoms with E-state index < -0.39 is 24.3 Å². The number of ether oxygens (including phenoxy) is 1. The van der Waals surface area contributed by atoms with Crippen molar-refractivity contribution in [2.45, 2.75) is 49.9 Å². The van der Waals surface area contributed by atoms with Crippen molar-refractivity contribution in [3.05, 3.63) is 144 Å². The molecule has 2 fully saturated rings. The quantitative estimate of drug-likeness (QED) is 0.102. The maximum Gasteiger partial charge on any atom is 0.407 e. The molecule has 2 aliphatic rings. The second-order valence-electron chi connectivity index (χ2n) is 15.1. The maximum absolute atomic E-state index is 14.0. The number of amides is 4. The lowest BCUT2D eigenvalue weighted by atomic mass is 9.99. The smallest absolute Gasteiger partial charge is 0.407 e. The first-order chi connectivity index (χ1) is 29.2. The van der Waals surface area contributed by atoms with Gasteiger partial charge in [-0.15, -0.1) is 0 Å². The lowest BCUT2D eigenvalue weighted by Gasteiger charge is -2.32. The molecule has 60 heavy (non-hydrogen) atoms. The van der Waals surface area contributed by atoms with Crippen LogP contribution in [0, 0.1) is 0 Å². The van der Waals surface area contributed by atoms with E-state index in [1.807, 2.05) is 72.8 Å². The molecule has 2 aromatic heterocycles. The standard InChI is InChI=1S/C46H46N8O6/c1-52(46(58)59)40(30-15-7-4-8-16-30)44(56)54-24-12-22-38(54)42-48-28-36(50-42)34-20-10-18-32(26-34)31-17-9-19-33(25-31)35-27-47-41(49-35)37-21-11-23-53(37)43(55)39(51-45(57)60-2)29-13-5-3-6-14-29/h3-10,13-20,25-28,37-40H,11-12,21-24H2,1-2H3,(H,47,49)(H,48,50)(H,51,57)(H,58,59)/t37-,38-,39+,40+/m0/s1.